The van der Waals surface area contributed by atoms with Gasteiger partial charge >= 0.3 is 17.1 Å². The highest BCUT2D eigenvalue weighted by Gasteiger charge is 2.07. The molecule has 1 aromatic heterocycles. The molecule has 0 aromatic carbocycles. The average molecular weight is 252 g/mol. The van der Waals surface area contributed by atoms with Crippen LogP contribution >= 0.6 is 0 Å². The first-order valence-electron chi connectivity index (χ1n) is 5.54. The summed E-state index contributed by atoms with van der Waals surface area (Å²) in [5.41, 5.74) is -0.733. The molecule has 98 valence electrons. The minimum absolute atomic E-state index is 0.174. The third kappa shape index (κ3) is 2.97. The smallest absolute Gasteiger partial charge is 0.333 e. The SMILES string of the molecule is CCC(=CCn1ccn(C)c(=O)c1=O)C(=O)OC. The molecule has 0 amide bonds. The fourth-order valence-electron chi connectivity index (χ4n) is 1.44. The number of carbonyl (C=O) groups is 1. The van der Waals surface area contributed by atoms with Crippen LogP contribution in [-0.2, 0) is 23.1 Å². The van der Waals surface area contributed by atoms with Gasteiger partial charge in [-0.2, -0.15) is 0 Å². The number of hydrogen-bond donors (Lipinski definition) is 0. The number of carbonyl (C=O) groups excluding carboxylic acids is 1. The van der Waals surface area contributed by atoms with E-state index >= 15 is 0 Å². The van der Waals surface area contributed by atoms with Gasteiger partial charge in [0.1, 0.15) is 0 Å². The molecule has 0 aliphatic heterocycles. The summed E-state index contributed by atoms with van der Waals surface area (Å²) in [7, 11) is 2.81. The number of rotatable bonds is 4. The molecule has 0 N–H and O–H groups in total. The van der Waals surface area contributed by atoms with Gasteiger partial charge in [-0.25, -0.2) is 4.79 Å². The minimum Gasteiger partial charge on any atom is -0.466 e. The largest absolute Gasteiger partial charge is 0.466 e. The Bertz CT molecular complexity index is 580. The molecule has 0 aliphatic rings. The Kier molecular flexibility index (Phi) is 4.65. The lowest BCUT2D eigenvalue weighted by molar-refractivity contribution is -0.136. The summed E-state index contributed by atoms with van der Waals surface area (Å²) in [6, 6.07) is 0. The van der Waals surface area contributed by atoms with E-state index in [0.717, 1.165) is 0 Å². The summed E-state index contributed by atoms with van der Waals surface area (Å²) in [4.78, 5) is 34.4. The summed E-state index contributed by atoms with van der Waals surface area (Å²) in [6.07, 6.45) is 5.10. The molecule has 1 aromatic rings. The van der Waals surface area contributed by atoms with E-state index in [1.165, 1.54) is 35.7 Å². The molecule has 0 unspecified atom stereocenters. The lowest BCUT2D eigenvalue weighted by atomic mass is 10.2. The molecule has 0 saturated carbocycles. The lowest BCUT2D eigenvalue weighted by Gasteiger charge is -2.05. The summed E-state index contributed by atoms with van der Waals surface area (Å²) in [5, 5.41) is 0. The van der Waals surface area contributed by atoms with Gasteiger partial charge in [-0.3, -0.25) is 9.59 Å². The van der Waals surface area contributed by atoms with Crippen LogP contribution < -0.4 is 11.1 Å². The fourth-order valence-corrected chi connectivity index (χ4v) is 1.44. The molecule has 0 bridgehead atoms. The predicted octanol–water partition coefficient (Wildman–Crippen LogP) is 0.0564. The Hall–Kier alpha value is -2.11. The van der Waals surface area contributed by atoms with Crippen LogP contribution in [0.25, 0.3) is 0 Å². The van der Waals surface area contributed by atoms with Gasteiger partial charge in [-0.1, -0.05) is 13.0 Å². The highest BCUT2D eigenvalue weighted by atomic mass is 16.5. The zero-order chi connectivity index (χ0) is 13.7. The minimum atomic E-state index is -0.614. The second-order valence-corrected chi connectivity index (χ2v) is 3.75. The first-order chi connectivity index (χ1) is 8.51. The molecular formula is C12H16N2O4. The van der Waals surface area contributed by atoms with Crippen molar-refractivity contribution in [2.24, 2.45) is 7.05 Å². The highest BCUT2D eigenvalue weighted by molar-refractivity contribution is 5.88. The van der Waals surface area contributed by atoms with Crippen LogP contribution in [-0.4, -0.2) is 22.2 Å². The standard InChI is InChI=1S/C12H16N2O4/c1-4-9(12(17)18-3)5-6-14-8-7-13(2)10(15)11(14)16/h5,7-8H,4,6H2,1-3H3. The van der Waals surface area contributed by atoms with Crippen LogP contribution in [0, 0.1) is 0 Å². The van der Waals surface area contributed by atoms with E-state index in [9.17, 15) is 14.4 Å². The number of nitrogens with zero attached hydrogens (tertiary/aromatic N) is 2. The first-order valence-corrected chi connectivity index (χ1v) is 5.54. The van der Waals surface area contributed by atoms with Crippen LogP contribution in [0.5, 0.6) is 0 Å². The zero-order valence-corrected chi connectivity index (χ0v) is 10.7. The zero-order valence-electron chi connectivity index (χ0n) is 10.7. The quantitative estimate of drug-likeness (QED) is 0.431. The van der Waals surface area contributed by atoms with Gasteiger partial charge in [0.15, 0.2) is 0 Å². The normalized spacial score (nSPS) is 11.4. The van der Waals surface area contributed by atoms with Crippen molar-refractivity contribution in [2.45, 2.75) is 19.9 Å². The average Bonchev–Trinajstić information content (AvgIpc) is 2.38. The molecular weight excluding hydrogens is 236 g/mol. The number of aryl methyl sites for hydroxylation is 1. The first kappa shape index (κ1) is 14.0. The summed E-state index contributed by atoms with van der Waals surface area (Å²) < 4.78 is 7.07. The summed E-state index contributed by atoms with van der Waals surface area (Å²) >= 11 is 0. The van der Waals surface area contributed by atoms with E-state index in [1.807, 2.05) is 6.92 Å². The van der Waals surface area contributed by atoms with E-state index < -0.39 is 17.1 Å². The van der Waals surface area contributed by atoms with Crippen LogP contribution in [0.15, 0.2) is 33.6 Å². The van der Waals surface area contributed by atoms with Gasteiger partial charge in [0.2, 0.25) is 0 Å². The van der Waals surface area contributed by atoms with E-state index in [-0.39, 0.29) is 6.54 Å². The van der Waals surface area contributed by atoms with Crippen LogP contribution in [0.3, 0.4) is 0 Å². The van der Waals surface area contributed by atoms with Crippen LogP contribution in [0.2, 0.25) is 0 Å². The van der Waals surface area contributed by atoms with E-state index in [2.05, 4.69) is 4.74 Å². The maximum Gasteiger partial charge on any atom is 0.333 e. The van der Waals surface area contributed by atoms with Gasteiger partial charge in [0.25, 0.3) is 0 Å². The van der Waals surface area contributed by atoms with Crippen LogP contribution in [0.4, 0.5) is 0 Å². The van der Waals surface area contributed by atoms with Gasteiger partial charge in [-0.15, -0.1) is 0 Å². The molecule has 6 nitrogen and oxygen atoms in total. The Balaban J connectivity index is 3.03. The number of allylic oxidation sites excluding steroid dienone is 1. The number of methoxy groups -OCH3 is 1. The Morgan fingerprint density at radius 3 is 2.56 bits per heavy atom. The molecule has 0 atom stereocenters. The molecule has 1 heterocycles. The summed E-state index contributed by atoms with van der Waals surface area (Å²) in [6.45, 7) is 1.99. The van der Waals surface area contributed by atoms with Crippen molar-refractivity contribution < 1.29 is 9.53 Å². The second-order valence-electron chi connectivity index (χ2n) is 3.75. The molecule has 0 radical (unpaired) electrons. The van der Waals surface area contributed by atoms with E-state index in [1.54, 1.807) is 6.08 Å². The molecule has 0 aliphatic carbocycles. The maximum atomic E-state index is 11.6. The predicted molar refractivity (Wildman–Crippen MR) is 66.3 cm³/mol. The number of ether oxygens (including phenoxy) is 1. The molecule has 0 fully saturated rings. The van der Waals surface area contributed by atoms with Crippen molar-refractivity contribution >= 4 is 5.97 Å². The number of esters is 1. The molecule has 18 heavy (non-hydrogen) atoms. The van der Waals surface area contributed by atoms with Gasteiger partial charge in [0.05, 0.1) is 7.11 Å². The van der Waals surface area contributed by atoms with Gasteiger partial charge in [-0.05, 0) is 6.42 Å². The fraction of sp³-hybridized carbons (Fsp3) is 0.417. The second kappa shape index (κ2) is 6.00. The van der Waals surface area contributed by atoms with Crippen molar-refractivity contribution in [1.82, 2.24) is 9.13 Å². The van der Waals surface area contributed by atoms with Crippen molar-refractivity contribution in [2.75, 3.05) is 7.11 Å². The maximum absolute atomic E-state index is 11.6. The van der Waals surface area contributed by atoms with Crippen LogP contribution in [0.1, 0.15) is 13.3 Å². The van der Waals surface area contributed by atoms with Crippen molar-refractivity contribution in [3.63, 3.8) is 0 Å². The van der Waals surface area contributed by atoms with E-state index in [4.69, 9.17) is 0 Å². The molecule has 0 saturated heterocycles. The Morgan fingerprint density at radius 2 is 2.00 bits per heavy atom. The number of hydrogen-bond acceptors (Lipinski definition) is 4. The molecule has 0 spiro atoms. The molecule has 6 heteroatoms. The van der Waals surface area contributed by atoms with Gasteiger partial charge < -0.3 is 13.9 Å². The van der Waals surface area contributed by atoms with Crippen molar-refractivity contribution in [3.8, 4) is 0 Å². The van der Waals surface area contributed by atoms with Crippen molar-refractivity contribution in [1.29, 1.82) is 0 Å². The Morgan fingerprint density at radius 1 is 1.33 bits per heavy atom. The topological polar surface area (TPSA) is 70.3 Å². The highest BCUT2D eigenvalue weighted by Crippen LogP contribution is 2.03. The van der Waals surface area contributed by atoms with Gasteiger partial charge in [0, 0.05) is 31.6 Å². The lowest BCUT2D eigenvalue weighted by Crippen LogP contribution is -2.39. The molecule has 1 rings (SSSR count). The Labute approximate surface area is 104 Å². The third-order valence-corrected chi connectivity index (χ3v) is 2.60. The number of aromatic nitrogens is 2. The van der Waals surface area contributed by atoms with E-state index in [0.29, 0.717) is 12.0 Å². The third-order valence-electron chi connectivity index (χ3n) is 2.60. The monoisotopic (exact) mass is 252 g/mol. The van der Waals surface area contributed by atoms with Crippen molar-refractivity contribution in [3.05, 3.63) is 44.8 Å². The summed E-state index contributed by atoms with van der Waals surface area (Å²) in [5.74, 6) is -0.422.